The lowest BCUT2D eigenvalue weighted by Crippen LogP contribution is -2.11. The molecule has 2 nitrogen and oxygen atoms in total. The highest BCUT2D eigenvalue weighted by Gasteiger charge is 2.23. The Morgan fingerprint density at radius 1 is 1.10 bits per heavy atom. The molecule has 0 spiro atoms. The molecular weight excluding hydrogens is 278 g/mol. The van der Waals surface area contributed by atoms with Gasteiger partial charge in [-0.2, -0.15) is 0 Å². The topological polar surface area (TPSA) is 29.1 Å². The molecule has 3 rings (SSSR count). The lowest BCUT2D eigenvalue weighted by molar-refractivity contribution is -0.116. The van der Waals surface area contributed by atoms with Crippen LogP contribution in [0.3, 0.4) is 0 Å². The van der Waals surface area contributed by atoms with E-state index in [-0.39, 0.29) is 11.2 Å². The van der Waals surface area contributed by atoms with E-state index in [1.54, 1.807) is 11.8 Å². The van der Waals surface area contributed by atoms with Gasteiger partial charge in [0.25, 0.3) is 0 Å². The highest BCUT2D eigenvalue weighted by molar-refractivity contribution is 7.99. The summed E-state index contributed by atoms with van der Waals surface area (Å²) in [7, 11) is 0. The molecular formula is C18H19NOS. The number of anilines is 1. The van der Waals surface area contributed by atoms with Gasteiger partial charge in [0.2, 0.25) is 5.91 Å². The lowest BCUT2D eigenvalue weighted by atomic mass is 10.00. The van der Waals surface area contributed by atoms with Crippen LogP contribution in [0.4, 0.5) is 5.69 Å². The number of hydrogen-bond acceptors (Lipinski definition) is 2. The van der Waals surface area contributed by atoms with E-state index in [9.17, 15) is 4.79 Å². The minimum absolute atomic E-state index is 0.0883. The minimum Gasteiger partial charge on any atom is -0.325 e. The Kier molecular flexibility index (Phi) is 4.02. The van der Waals surface area contributed by atoms with Crippen molar-refractivity contribution in [2.75, 3.05) is 5.32 Å². The van der Waals surface area contributed by atoms with Crippen molar-refractivity contribution >= 4 is 23.4 Å². The number of thioether (sulfide) groups is 1. The van der Waals surface area contributed by atoms with E-state index in [1.165, 1.54) is 11.1 Å². The summed E-state index contributed by atoms with van der Waals surface area (Å²) in [6.07, 6.45) is 0.514. The molecule has 1 amide bonds. The first-order valence-electron chi connectivity index (χ1n) is 7.29. The third-order valence-electron chi connectivity index (χ3n) is 3.78. The molecule has 0 aliphatic carbocycles. The Labute approximate surface area is 130 Å². The van der Waals surface area contributed by atoms with Crippen LogP contribution in [0.2, 0.25) is 0 Å². The standard InChI is InChI=1S/C18H19NOS/c1-12(2)13-7-9-14(10-8-13)17-11-18(20)19-15-5-3-4-6-16(15)21-17/h3-10,12,17H,11H2,1-2H3,(H,19,20). The highest BCUT2D eigenvalue weighted by atomic mass is 32.2. The van der Waals surface area contributed by atoms with Crippen LogP contribution in [0.1, 0.15) is 42.6 Å². The van der Waals surface area contributed by atoms with Crippen LogP contribution in [-0.2, 0) is 4.79 Å². The predicted octanol–water partition coefficient (Wildman–Crippen LogP) is 4.99. The number of rotatable bonds is 2. The molecule has 0 fully saturated rings. The normalized spacial score (nSPS) is 18.0. The first kappa shape index (κ1) is 14.2. The van der Waals surface area contributed by atoms with Crippen LogP contribution < -0.4 is 5.32 Å². The van der Waals surface area contributed by atoms with Gasteiger partial charge in [-0.25, -0.2) is 0 Å². The maximum Gasteiger partial charge on any atom is 0.225 e. The zero-order chi connectivity index (χ0) is 14.8. The summed E-state index contributed by atoms with van der Waals surface area (Å²) >= 11 is 1.77. The second-order valence-corrected chi connectivity index (χ2v) is 6.92. The highest BCUT2D eigenvalue weighted by Crippen LogP contribution is 2.43. The zero-order valence-electron chi connectivity index (χ0n) is 12.3. The predicted molar refractivity (Wildman–Crippen MR) is 88.8 cm³/mol. The smallest absolute Gasteiger partial charge is 0.225 e. The van der Waals surface area contributed by atoms with E-state index in [0.29, 0.717) is 12.3 Å². The molecule has 1 N–H and O–H groups in total. The third kappa shape index (κ3) is 3.13. The van der Waals surface area contributed by atoms with Crippen LogP contribution in [0.25, 0.3) is 0 Å². The summed E-state index contributed by atoms with van der Waals surface area (Å²) in [5.74, 6) is 0.621. The van der Waals surface area contributed by atoms with Crippen molar-refractivity contribution in [2.45, 2.75) is 36.3 Å². The number of benzene rings is 2. The molecule has 0 aromatic heterocycles. The van der Waals surface area contributed by atoms with Crippen molar-refractivity contribution in [3.05, 3.63) is 59.7 Å². The summed E-state index contributed by atoms with van der Waals surface area (Å²) < 4.78 is 0. The number of carbonyl (C=O) groups is 1. The van der Waals surface area contributed by atoms with Crippen LogP contribution in [0.5, 0.6) is 0 Å². The molecule has 0 saturated heterocycles. The third-order valence-corrected chi connectivity index (χ3v) is 5.11. The molecule has 2 aromatic carbocycles. The lowest BCUT2D eigenvalue weighted by Gasteiger charge is -2.15. The average molecular weight is 297 g/mol. The van der Waals surface area contributed by atoms with Crippen molar-refractivity contribution in [1.29, 1.82) is 0 Å². The van der Waals surface area contributed by atoms with Crippen molar-refractivity contribution in [2.24, 2.45) is 0 Å². The van der Waals surface area contributed by atoms with Crippen molar-refractivity contribution < 1.29 is 4.79 Å². The number of hydrogen-bond donors (Lipinski definition) is 1. The van der Waals surface area contributed by atoms with Crippen molar-refractivity contribution in [3.63, 3.8) is 0 Å². The van der Waals surface area contributed by atoms with Gasteiger partial charge in [-0.15, -0.1) is 11.8 Å². The maximum atomic E-state index is 12.1. The monoisotopic (exact) mass is 297 g/mol. The fraction of sp³-hybridized carbons (Fsp3) is 0.278. The van der Waals surface area contributed by atoms with Gasteiger partial charge in [0.15, 0.2) is 0 Å². The maximum absolute atomic E-state index is 12.1. The van der Waals surface area contributed by atoms with Crippen LogP contribution in [0.15, 0.2) is 53.4 Å². The van der Waals surface area contributed by atoms with Gasteiger partial charge < -0.3 is 5.32 Å². The summed E-state index contributed by atoms with van der Waals surface area (Å²) in [4.78, 5) is 13.2. The summed E-state index contributed by atoms with van der Waals surface area (Å²) in [6.45, 7) is 4.39. The Bertz CT molecular complexity index is 649. The first-order valence-corrected chi connectivity index (χ1v) is 8.17. The zero-order valence-corrected chi connectivity index (χ0v) is 13.1. The Hall–Kier alpha value is -1.74. The fourth-order valence-corrected chi connectivity index (χ4v) is 3.76. The molecule has 21 heavy (non-hydrogen) atoms. The van der Waals surface area contributed by atoms with Gasteiger partial charge in [-0.05, 0) is 29.2 Å². The largest absolute Gasteiger partial charge is 0.325 e. The van der Waals surface area contributed by atoms with Gasteiger partial charge >= 0.3 is 0 Å². The molecule has 0 radical (unpaired) electrons. The second-order valence-electron chi connectivity index (χ2n) is 5.68. The number of nitrogens with one attached hydrogen (secondary N) is 1. The Balaban J connectivity index is 1.90. The SMILES string of the molecule is CC(C)c1ccc(C2CC(=O)Nc3ccccc3S2)cc1. The summed E-state index contributed by atoms with van der Waals surface area (Å²) in [5, 5.41) is 3.17. The van der Waals surface area contributed by atoms with Gasteiger partial charge in [-0.1, -0.05) is 50.2 Å². The molecule has 0 saturated carbocycles. The van der Waals surface area contributed by atoms with E-state index >= 15 is 0 Å². The van der Waals surface area contributed by atoms with E-state index in [4.69, 9.17) is 0 Å². The molecule has 108 valence electrons. The average Bonchev–Trinajstić information content (AvgIpc) is 2.65. The molecule has 1 unspecified atom stereocenters. The van der Waals surface area contributed by atoms with E-state index in [2.05, 4.69) is 49.5 Å². The molecule has 2 aromatic rings. The van der Waals surface area contributed by atoms with Crippen LogP contribution in [-0.4, -0.2) is 5.91 Å². The Morgan fingerprint density at radius 3 is 2.52 bits per heavy atom. The summed E-state index contributed by atoms with van der Waals surface area (Å²) in [6, 6.07) is 16.7. The number of amides is 1. The molecule has 1 heterocycles. The summed E-state index contributed by atoms with van der Waals surface area (Å²) in [5.41, 5.74) is 3.48. The number of fused-ring (bicyclic) bond motifs is 1. The van der Waals surface area contributed by atoms with Gasteiger partial charge in [0, 0.05) is 16.6 Å². The minimum atomic E-state index is 0.0883. The molecule has 3 heteroatoms. The van der Waals surface area contributed by atoms with Gasteiger partial charge in [-0.3, -0.25) is 4.79 Å². The van der Waals surface area contributed by atoms with E-state index < -0.39 is 0 Å². The molecule has 1 aliphatic rings. The number of para-hydroxylation sites is 1. The molecule has 1 atom stereocenters. The van der Waals surface area contributed by atoms with Crippen LogP contribution in [0, 0.1) is 0 Å². The van der Waals surface area contributed by atoms with E-state index in [0.717, 1.165) is 10.6 Å². The Morgan fingerprint density at radius 2 is 1.81 bits per heavy atom. The molecule has 0 bridgehead atoms. The van der Waals surface area contributed by atoms with E-state index in [1.807, 2.05) is 18.2 Å². The fourth-order valence-electron chi connectivity index (χ4n) is 2.52. The van der Waals surface area contributed by atoms with Gasteiger partial charge in [0.1, 0.15) is 0 Å². The van der Waals surface area contributed by atoms with Crippen molar-refractivity contribution in [3.8, 4) is 0 Å². The van der Waals surface area contributed by atoms with Gasteiger partial charge in [0.05, 0.1) is 5.69 Å². The van der Waals surface area contributed by atoms with Crippen molar-refractivity contribution in [1.82, 2.24) is 0 Å². The second kappa shape index (κ2) is 5.94. The number of carbonyl (C=O) groups excluding carboxylic acids is 1. The quantitative estimate of drug-likeness (QED) is 0.846. The molecule has 1 aliphatic heterocycles. The van der Waals surface area contributed by atoms with Crippen LogP contribution >= 0.6 is 11.8 Å². The first-order chi connectivity index (χ1) is 10.1.